The zero-order valence-corrected chi connectivity index (χ0v) is 8.38. The highest BCUT2D eigenvalue weighted by Gasteiger charge is 2.04. The third-order valence-corrected chi connectivity index (χ3v) is 1.95. The number of halogens is 2. The number of rotatable bonds is 6. The molecule has 0 saturated carbocycles. The number of hydrogen-bond donors (Lipinski definition) is 1. The van der Waals surface area contributed by atoms with Crippen molar-refractivity contribution < 1.29 is 18.6 Å². The Hall–Kier alpha value is -1.16. The molecule has 1 N–H and O–H groups in total. The molecule has 84 valence electrons. The number of hydrogen-bond acceptors (Lipinski definition) is 2. The molecule has 0 unspecified atom stereocenters. The first-order valence-corrected chi connectivity index (χ1v) is 4.93. The number of ether oxygens (including phenoxy) is 1. The molecule has 0 saturated heterocycles. The van der Waals surface area contributed by atoms with Gasteiger partial charge in [0.2, 0.25) is 0 Å². The summed E-state index contributed by atoms with van der Waals surface area (Å²) >= 11 is 0. The summed E-state index contributed by atoms with van der Waals surface area (Å²) in [5, 5.41) is 8.51. The zero-order valence-electron chi connectivity index (χ0n) is 8.38. The van der Waals surface area contributed by atoms with Crippen LogP contribution in [-0.4, -0.2) is 18.3 Å². The van der Waals surface area contributed by atoms with Crippen molar-refractivity contribution in [3.8, 4) is 5.75 Å². The Balaban J connectivity index is 2.33. The first-order valence-electron chi connectivity index (χ1n) is 4.93. The Morgan fingerprint density at radius 3 is 2.67 bits per heavy atom. The highest BCUT2D eigenvalue weighted by molar-refractivity contribution is 5.24. The Kier molecular flexibility index (Phi) is 5.04. The van der Waals surface area contributed by atoms with Crippen LogP contribution in [0, 0.1) is 11.6 Å². The van der Waals surface area contributed by atoms with Crippen molar-refractivity contribution in [3.63, 3.8) is 0 Å². The molecule has 0 radical (unpaired) electrons. The van der Waals surface area contributed by atoms with E-state index in [4.69, 9.17) is 9.84 Å². The summed E-state index contributed by atoms with van der Waals surface area (Å²) in [7, 11) is 0. The molecule has 0 aliphatic carbocycles. The van der Waals surface area contributed by atoms with Gasteiger partial charge in [0.25, 0.3) is 0 Å². The van der Waals surface area contributed by atoms with Gasteiger partial charge in [-0.15, -0.1) is 0 Å². The van der Waals surface area contributed by atoms with Gasteiger partial charge >= 0.3 is 0 Å². The monoisotopic (exact) mass is 216 g/mol. The van der Waals surface area contributed by atoms with Crippen molar-refractivity contribution in [1.29, 1.82) is 0 Å². The second-order valence-corrected chi connectivity index (χ2v) is 3.21. The summed E-state index contributed by atoms with van der Waals surface area (Å²) in [4.78, 5) is 0. The molecular weight excluding hydrogens is 202 g/mol. The maximum atomic E-state index is 13.0. The molecule has 1 aromatic rings. The van der Waals surface area contributed by atoms with Gasteiger partial charge in [0.05, 0.1) is 6.61 Å². The van der Waals surface area contributed by atoms with Gasteiger partial charge in [0, 0.05) is 12.7 Å². The van der Waals surface area contributed by atoms with E-state index in [9.17, 15) is 8.78 Å². The van der Waals surface area contributed by atoms with Gasteiger partial charge in [-0.25, -0.2) is 8.78 Å². The van der Waals surface area contributed by atoms with Gasteiger partial charge in [-0.2, -0.15) is 0 Å². The van der Waals surface area contributed by atoms with Gasteiger partial charge in [-0.3, -0.25) is 0 Å². The second-order valence-electron chi connectivity index (χ2n) is 3.21. The lowest BCUT2D eigenvalue weighted by Gasteiger charge is -2.06. The topological polar surface area (TPSA) is 29.5 Å². The maximum Gasteiger partial charge on any atom is 0.165 e. The van der Waals surface area contributed by atoms with Crippen LogP contribution in [-0.2, 0) is 0 Å². The minimum absolute atomic E-state index is 0.0565. The summed E-state index contributed by atoms with van der Waals surface area (Å²) in [6, 6.07) is 3.12. The third-order valence-electron chi connectivity index (χ3n) is 1.95. The number of aliphatic hydroxyl groups excluding tert-OH is 1. The third kappa shape index (κ3) is 4.25. The molecule has 0 fully saturated rings. The average Bonchev–Trinajstić information content (AvgIpc) is 2.23. The van der Waals surface area contributed by atoms with Gasteiger partial charge in [-0.05, 0) is 31.4 Å². The van der Waals surface area contributed by atoms with Crippen LogP contribution in [0.4, 0.5) is 8.78 Å². The molecule has 0 heterocycles. The minimum Gasteiger partial charge on any atom is -0.490 e. The molecule has 4 heteroatoms. The summed E-state index contributed by atoms with van der Waals surface area (Å²) < 4.78 is 30.8. The standard InChI is InChI=1S/C11H14F2O2/c12-9-4-5-10(13)11(8-9)15-7-3-1-2-6-14/h4-5,8,14H,1-3,6-7H2. The van der Waals surface area contributed by atoms with Crippen LogP contribution in [0.5, 0.6) is 5.75 Å². The minimum atomic E-state index is -0.557. The number of aliphatic hydroxyl groups is 1. The Labute approximate surface area is 87.5 Å². The fourth-order valence-corrected chi connectivity index (χ4v) is 1.16. The van der Waals surface area contributed by atoms with E-state index in [0.717, 1.165) is 31.0 Å². The molecule has 0 atom stereocenters. The maximum absolute atomic E-state index is 13.0. The van der Waals surface area contributed by atoms with Crippen molar-refractivity contribution in [1.82, 2.24) is 0 Å². The highest BCUT2D eigenvalue weighted by Crippen LogP contribution is 2.18. The lowest BCUT2D eigenvalue weighted by molar-refractivity contribution is 0.261. The van der Waals surface area contributed by atoms with Crippen LogP contribution in [0.1, 0.15) is 19.3 Å². The van der Waals surface area contributed by atoms with E-state index in [0.29, 0.717) is 13.0 Å². The molecule has 2 nitrogen and oxygen atoms in total. The fraction of sp³-hybridized carbons (Fsp3) is 0.455. The van der Waals surface area contributed by atoms with Gasteiger partial charge in [0.15, 0.2) is 11.6 Å². The molecule has 1 rings (SSSR count). The van der Waals surface area contributed by atoms with Gasteiger partial charge < -0.3 is 9.84 Å². The lowest BCUT2D eigenvalue weighted by Crippen LogP contribution is -2.00. The molecule has 0 aromatic heterocycles. The van der Waals surface area contributed by atoms with Crippen LogP contribution < -0.4 is 4.74 Å². The predicted molar refractivity (Wildman–Crippen MR) is 52.8 cm³/mol. The van der Waals surface area contributed by atoms with Crippen LogP contribution in [0.2, 0.25) is 0 Å². The van der Waals surface area contributed by atoms with Crippen LogP contribution >= 0.6 is 0 Å². The van der Waals surface area contributed by atoms with Crippen molar-refractivity contribution in [2.45, 2.75) is 19.3 Å². The largest absolute Gasteiger partial charge is 0.490 e. The molecule has 0 spiro atoms. The van der Waals surface area contributed by atoms with Crippen LogP contribution in [0.25, 0.3) is 0 Å². The number of benzene rings is 1. The molecule has 0 aliphatic heterocycles. The van der Waals surface area contributed by atoms with Gasteiger partial charge in [-0.1, -0.05) is 0 Å². The first kappa shape index (κ1) is 11.9. The smallest absolute Gasteiger partial charge is 0.165 e. The quantitative estimate of drug-likeness (QED) is 0.740. The summed E-state index contributed by atoms with van der Waals surface area (Å²) in [5.41, 5.74) is 0. The lowest BCUT2D eigenvalue weighted by atomic mass is 10.2. The van der Waals surface area contributed by atoms with E-state index in [1.54, 1.807) is 0 Å². The van der Waals surface area contributed by atoms with Crippen molar-refractivity contribution >= 4 is 0 Å². The first-order chi connectivity index (χ1) is 7.24. The SMILES string of the molecule is OCCCCCOc1cc(F)ccc1F. The Morgan fingerprint density at radius 2 is 1.93 bits per heavy atom. The zero-order chi connectivity index (χ0) is 11.1. The Morgan fingerprint density at radius 1 is 1.13 bits per heavy atom. The Bertz CT molecular complexity index is 303. The van der Waals surface area contributed by atoms with E-state index >= 15 is 0 Å². The van der Waals surface area contributed by atoms with Gasteiger partial charge in [0.1, 0.15) is 5.82 Å². The van der Waals surface area contributed by atoms with E-state index in [1.165, 1.54) is 0 Å². The van der Waals surface area contributed by atoms with Crippen molar-refractivity contribution in [3.05, 3.63) is 29.8 Å². The van der Waals surface area contributed by atoms with E-state index < -0.39 is 11.6 Å². The second kappa shape index (κ2) is 6.35. The van der Waals surface area contributed by atoms with E-state index in [2.05, 4.69) is 0 Å². The molecular formula is C11H14F2O2. The van der Waals surface area contributed by atoms with Crippen molar-refractivity contribution in [2.24, 2.45) is 0 Å². The van der Waals surface area contributed by atoms with E-state index in [-0.39, 0.29) is 12.4 Å². The predicted octanol–water partition coefficient (Wildman–Crippen LogP) is 2.51. The molecule has 0 aliphatic rings. The fourth-order valence-electron chi connectivity index (χ4n) is 1.16. The van der Waals surface area contributed by atoms with Crippen LogP contribution in [0.15, 0.2) is 18.2 Å². The molecule has 15 heavy (non-hydrogen) atoms. The average molecular weight is 216 g/mol. The van der Waals surface area contributed by atoms with Crippen molar-refractivity contribution in [2.75, 3.05) is 13.2 Å². The summed E-state index contributed by atoms with van der Waals surface area (Å²) in [5.74, 6) is -1.13. The highest BCUT2D eigenvalue weighted by atomic mass is 19.1. The normalized spacial score (nSPS) is 10.3. The summed E-state index contributed by atoms with van der Waals surface area (Å²) in [6.07, 6.45) is 2.24. The molecule has 0 bridgehead atoms. The van der Waals surface area contributed by atoms with Crippen LogP contribution in [0.3, 0.4) is 0 Å². The summed E-state index contributed by atoms with van der Waals surface area (Å²) in [6.45, 7) is 0.481. The van der Waals surface area contributed by atoms with E-state index in [1.807, 2.05) is 0 Å². The molecule has 0 amide bonds. The number of unbranched alkanes of at least 4 members (excludes halogenated alkanes) is 2. The molecule has 1 aromatic carbocycles.